The van der Waals surface area contributed by atoms with Crippen molar-refractivity contribution in [3.05, 3.63) is 72.3 Å². The lowest BCUT2D eigenvalue weighted by molar-refractivity contribution is -0.497. The summed E-state index contributed by atoms with van der Waals surface area (Å²) in [6.07, 6.45) is 5.00. The van der Waals surface area contributed by atoms with Crippen molar-refractivity contribution in [2.24, 2.45) is 0 Å². The maximum Gasteiger partial charge on any atom is 0.201 e. The summed E-state index contributed by atoms with van der Waals surface area (Å²) in [4.78, 5) is 11.6. The quantitative estimate of drug-likeness (QED) is 0.392. The molecule has 3 fully saturated rings. The zero-order valence-electron chi connectivity index (χ0n) is 17.4. The molecule has 2 heterocycles. The van der Waals surface area contributed by atoms with Crippen LogP contribution < -0.4 is 4.74 Å². The molecule has 2 atom stereocenters. The predicted octanol–water partition coefficient (Wildman–Crippen LogP) is 5.87. The summed E-state index contributed by atoms with van der Waals surface area (Å²) in [7, 11) is 0. The van der Waals surface area contributed by atoms with Crippen LogP contribution in [0.4, 0.5) is 0 Å². The van der Waals surface area contributed by atoms with E-state index >= 15 is 0 Å². The van der Waals surface area contributed by atoms with Crippen LogP contribution in [-0.4, -0.2) is 25.1 Å². The normalized spacial score (nSPS) is 27.3. The minimum atomic E-state index is -0.553. The lowest BCUT2D eigenvalue weighted by Gasteiger charge is -2.42. The van der Waals surface area contributed by atoms with Gasteiger partial charge in [0.2, 0.25) is 5.79 Å². The van der Waals surface area contributed by atoms with Gasteiger partial charge in [0.15, 0.2) is 6.10 Å². The number of benzene rings is 3. The molecule has 3 aromatic rings. The maximum atomic E-state index is 6.15. The SMILES string of the molecule is c1ccc2cc(Oc3ccc(C4(C5COC6(CCCCC6)OO5)CO4)cc3)ccc2c1. The molecule has 3 aromatic carbocycles. The summed E-state index contributed by atoms with van der Waals surface area (Å²) in [6.45, 7) is 1.08. The zero-order valence-corrected chi connectivity index (χ0v) is 17.4. The third kappa shape index (κ3) is 3.62. The molecular weight excluding hydrogens is 392 g/mol. The van der Waals surface area contributed by atoms with Gasteiger partial charge < -0.3 is 14.2 Å². The van der Waals surface area contributed by atoms with Gasteiger partial charge in [-0.1, -0.05) is 48.9 Å². The highest BCUT2D eigenvalue weighted by Gasteiger charge is 2.58. The van der Waals surface area contributed by atoms with E-state index in [9.17, 15) is 0 Å². The minimum absolute atomic E-state index is 0.271. The van der Waals surface area contributed by atoms with Crippen LogP contribution in [-0.2, 0) is 24.8 Å². The largest absolute Gasteiger partial charge is 0.457 e. The highest BCUT2D eigenvalue weighted by molar-refractivity contribution is 5.83. The molecule has 0 amide bonds. The van der Waals surface area contributed by atoms with Gasteiger partial charge in [-0.15, -0.1) is 0 Å². The molecular formula is C26H26O5. The van der Waals surface area contributed by atoms with Crippen LogP contribution in [0.5, 0.6) is 11.5 Å². The van der Waals surface area contributed by atoms with Crippen LogP contribution in [0, 0.1) is 0 Å². The monoisotopic (exact) mass is 418 g/mol. The van der Waals surface area contributed by atoms with Crippen molar-refractivity contribution < 1.29 is 24.0 Å². The summed E-state index contributed by atoms with van der Waals surface area (Å²) in [5, 5.41) is 2.36. The van der Waals surface area contributed by atoms with Gasteiger partial charge in [-0.3, -0.25) is 0 Å². The molecule has 2 saturated heterocycles. The van der Waals surface area contributed by atoms with Crippen molar-refractivity contribution >= 4 is 10.8 Å². The second kappa shape index (κ2) is 7.61. The molecule has 0 radical (unpaired) electrons. The number of ether oxygens (including phenoxy) is 3. The van der Waals surface area contributed by atoms with E-state index in [-0.39, 0.29) is 6.10 Å². The first-order valence-corrected chi connectivity index (χ1v) is 11.1. The van der Waals surface area contributed by atoms with Crippen LogP contribution in [0.25, 0.3) is 10.8 Å². The average Bonchev–Trinajstić information content (AvgIpc) is 3.63. The Morgan fingerprint density at radius 1 is 0.774 bits per heavy atom. The molecule has 0 bridgehead atoms. The van der Waals surface area contributed by atoms with E-state index in [1.807, 2.05) is 42.5 Å². The zero-order chi connectivity index (χ0) is 20.7. The summed E-state index contributed by atoms with van der Waals surface area (Å²) < 4.78 is 18.1. The van der Waals surface area contributed by atoms with E-state index in [0.717, 1.165) is 48.1 Å². The number of fused-ring (bicyclic) bond motifs is 1. The topological polar surface area (TPSA) is 49.5 Å². The molecule has 6 rings (SSSR count). The molecule has 3 aliphatic rings. The Kier molecular flexibility index (Phi) is 4.73. The van der Waals surface area contributed by atoms with Gasteiger partial charge in [0.1, 0.15) is 17.1 Å². The number of hydrogen-bond acceptors (Lipinski definition) is 5. The summed E-state index contributed by atoms with van der Waals surface area (Å²) >= 11 is 0. The molecule has 2 aliphatic heterocycles. The van der Waals surface area contributed by atoms with Gasteiger partial charge in [-0.25, -0.2) is 9.78 Å². The van der Waals surface area contributed by atoms with Crippen LogP contribution in [0.15, 0.2) is 66.7 Å². The fourth-order valence-corrected chi connectivity index (χ4v) is 4.74. The van der Waals surface area contributed by atoms with Gasteiger partial charge in [-0.2, -0.15) is 0 Å². The van der Waals surface area contributed by atoms with E-state index in [1.54, 1.807) is 0 Å². The van der Waals surface area contributed by atoms with Crippen molar-refractivity contribution in [3.8, 4) is 11.5 Å². The van der Waals surface area contributed by atoms with Crippen LogP contribution in [0.1, 0.15) is 37.7 Å². The molecule has 0 aromatic heterocycles. The van der Waals surface area contributed by atoms with Crippen molar-refractivity contribution in [2.75, 3.05) is 13.2 Å². The lowest BCUT2D eigenvalue weighted by atomic mass is 9.92. The molecule has 5 heteroatoms. The van der Waals surface area contributed by atoms with Gasteiger partial charge in [0.05, 0.1) is 13.2 Å². The van der Waals surface area contributed by atoms with E-state index < -0.39 is 11.4 Å². The smallest absolute Gasteiger partial charge is 0.201 e. The van der Waals surface area contributed by atoms with E-state index in [2.05, 4.69) is 24.3 Å². The number of epoxide rings is 1. The highest BCUT2D eigenvalue weighted by atomic mass is 17.2. The third-order valence-electron chi connectivity index (χ3n) is 6.70. The Morgan fingerprint density at radius 2 is 1.52 bits per heavy atom. The van der Waals surface area contributed by atoms with E-state index in [4.69, 9.17) is 24.0 Å². The second-order valence-corrected chi connectivity index (χ2v) is 8.76. The minimum Gasteiger partial charge on any atom is -0.457 e. The van der Waals surface area contributed by atoms with E-state index in [1.165, 1.54) is 11.8 Å². The molecule has 1 spiro atoms. The van der Waals surface area contributed by atoms with Crippen LogP contribution in [0.3, 0.4) is 0 Å². The summed E-state index contributed by atoms with van der Waals surface area (Å²) in [6, 6.07) is 22.4. The Labute approximate surface area is 181 Å². The van der Waals surface area contributed by atoms with Crippen molar-refractivity contribution in [2.45, 2.75) is 49.6 Å². The van der Waals surface area contributed by atoms with Gasteiger partial charge in [0.25, 0.3) is 0 Å². The molecule has 5 nitrogen and oxygen atoms in total. The highest BCUT2D eigenvalue weighted by Crippen LogP contribution is 2.47. The maximum absolute atomic E-state index is 6.15. The van der Waals surface area contributed by atoms with E-state index in [0.29, 0.717) is 13.2 Å². The standard InChI is InChI=1S/C26H26O5/c1-4-14-25(15-5-1)27-17-24(30-31-25)26(18-28-26)21-9-12-22(13-10-21)29-23-11-8-19-6-2-3-7-20(19)16-23/h2-3,6-13,16,24H,1,4-5,14-15,17-18H2. The average molecular weight is 418 g/mol. The Balaban J connectivity index is 1.14. The van der Waals surface area contributed by atoms with Crippen LogP contribution in [0.2, 0.25) is 0 Å². The number of rotatable bonds is 4. The molecule has 1 saturated carbocycles. The van der Waals surface area contributed by atoms with Crippen molar-refractivity contribution in [1.29, 1.82) is 0 Å². The first-order valence-electron chi connectivity index (χ1n) is 11.1. The fraction of sp³-hybridized carbons (Fsp3) is 0.385. The first-order chi connectivity index (χ1) is 15.2. The van der Waals surface area contributed by atoms with Gasteiger partial charge in [-0.05, 0) is 53.4 Å². The predicted molar refractivity (Wildman–Crippen MR) is 116 cm³/mol. The Morgan fingerprint density at radius 3 is 2.23 bits per heavy atom. The van der Waals surface area contributed by atoms with Crippen LogP contribution >= 0.6 is 0 Å². The lowest BCUT2D eigenvalue weighted by Crippen LogP contribution is -2.50. The molecule has 2 unspecified atom stereocenters. The Bertz CT molecular complexity index is 1060. The fourth-order valence-electron chi connectivity index (χ4n) is 4.74. The summed E-state index contributed by atoms with van der Waals surface area (Å²) in [5.74, 6) is 1.05. The van der Waals surface area contributed by atoms with Gasteiger partial charge >= 0.3 is 0 Å². The molecule has 31 heavy (non-hydrogen) atoms. The van der Waals surface area contributed by atoms with Crippen molar-refractivity contribution in [1.82, 2.24) is 0 Å². The molecule has 1 aliphatic carbocycles. The number of hydrogen-bond donors (Lipinski definition) is 0. The molecule has 0 N–H and O–H groups in total. The Hall–Kier alpha value is -2.44. The molecule has 160 valence electrons. The van der Waals surface area contributed by atoms with Gasteiger partial charge in [0, 0.05) is 12.8 Å². The third-order valence-corrected chi connectivity index (χ3v) is 6.70. The first kappa shape index (κ1) is 19.3. The summed E-state index contributed by atoms with van der Waals surface area (Å²) in [5.41, 5.74) is 0.549. The van der Waals surface area contributed by atoms with Crippen molar-refractivity contribution in [3.63, 3.8) is 0 Å². The second-order valence-electron chi connectivity index (χ2n) is 8.76.